The average molecular weight is 717 g/mol. The Morgan fingerprint density at radius 3 is 2.47 bits per heavy atom. The minimum absolute atomic E-state index is 0.0717. The number of hydrogen-bond acceptors (Lipinski definition) is 7. The monoisotopic (exact) mass is 715 g/mol. The second-order valence-electron chi connectivity index (χ2n) is 14.7. The fourth-order valence-electron chi connectivity index (χ4n) is 8.01. The van der Waals surface area contributed by atoms with Gasteiger partial charge in [0.05, 0.1) is 30.6 Å². The van der Waals surface area contributed by atoms with Crippen molar-refractivity contribution in [3.05, 3.63) is 61.2 Å². The molecule has 3 amide bonds. The number of nitrogens with one attached hydrogen (secondary N) is 1. The van der Waals surface area contributed by atoms with Gasteiger partial charge in [0.1, 0.15) is 18.2 Å². The molecule has 3 fully saturated rings. The highest BCUT2D eigenvalue weighted by Gasteiger charge is 2.76. The second-order valence-corrected chi connectivity index (χ2v) is 15.9. The molecule has 7 atom stereocenters. The first-order valence-electron chi connectivity index (χ1n) is 16.4. The summed E-state index contributed by atoms with van der Waals surface area (Å²) in [7, 11) is 0. The van der Waals surface area contributed by atoms with Crippen LogP contribution in [0.25, 0.3) is 0 Å². The van der Waals surface area contributed by atoms with E-state index in [0.717, 1.165) is 5.56 Å². The largest absolute Gasteiger partial charge is 0.463 e. The van der Waals surface area contributed by atoms with Crippen molar-refractivity contribution in [2.75, 3.05) is 26.3 Å². The second kappa shape index (κ2) is 14.6. The van der Waals surface area contributed by atoms with Crippen LogP contribution in [0, 0.1) is 17.3 Å². The van der Waals surface area contributed by atoms with Gasteiger partial charge in [-0.3, -0.25) is 19.2 Å². The number of carbonyl (C=O) groups is 4. The average Bonchev–Trinajstić information content (AvgIpc) is 3.59. The number of carbonyl (C=O) groups excluding carboxylic acids is 4. The molecule has 1 aromatic carbocycles. The molecule has 1 spiro atoms. The summed E-state index contributed by atoms with van der Waals surface area (Å²) in [5.74, 6) is -3.38. The van der Waals surface area contributed by atoms with Gasteiger partial charge in [-0.25, -0.2) is 0 Å². The van der Waals surface area contributed by atoms with Crippen LogP contribution < -0.4 is 5.32 Å². The van der Waals surface area contributed by atoms with E-state index < -0.39 is 58.9 Å². The number of ether oxygens (including phenoxy) is 2. The van der Waals surface area contributed by atoms with E-state index in [-0.39, 0.29) is 48.9 Å². The van der Waals surface area contributed by atoms with Crippen LogP contribution in [0.1, 0.15) is 71.9 Å². The summed E-state index contributed by atoms with van der Waals surface area (Å²) in [6, 6.07) is 7.47. The number of aliphatic hydroxyl groups excluding tert-OH is 1. The molecular weight excluding hydrogens is 666 g/mol. The summed E-state index contributed by atoms with van der Waals surface area (Å²) in [5.41, 5.74) is -1.23. The maximum absolute atomic E-state index is 14.7. The van der Waals surface area contributed by atoms with Crippen molar-refractivity contribution < 1.29 is 33.8 Å². The number of amides is 3. The molecule has 11 heteroatoms. The van der Waals surface area contributed by atoms with Crippen LogP contribution in [0.2, 0.25) is 0 Å². The smallest absolute Gasteiger partial charge is 0.306 e. The van der Waals surface area contributed by atoms with Crippen molar-refractivity contribution >= 4 is 39.6 Å². The van der Waals surface area contributed by atoms with Crippen molar-refractivity contribution in [2.24, 2.45) is 17.3 Å². The molecule has 2 bridgehead atoms. The lowest BCUT2D eigenvalue weighted by molar-refractivity contribution is -0.153. The molecule has 3 heterocycles. The molecule has 3 aliphatic rings. The van der Waals surface area contributed by atoms with E-state index >= 15 is 0 Å². The highest BCUT2D eigenvalue weighted by Crippen LogP contribution is 2.60. The summed E-state index contributed by atoms with van der Waals surface area (Å²) >= 11 is 3.72. The maximum atomic E-state index is 14.7. The number of alkyl halides is 1. The third kappa shape index (κ3) is 7.52. The van der Waals surface area contributed by atoms with Crippen LogP contribution in [0.3, 0.4) is 0 Å². The number of nitrogens with zero attached hydrogens (tertiary/aromatic N) is 2. The van der Waals surface area contributed by atoms with Gasteiger partial charge in [-0.15, -0.1) is 13.2 Å². The molecule has 47 heavy (non-hydrogen) atoms. The van der Waals surface area contributed by atoms with E-state index in [1.54, 1.807) is 17.1 Å². The minimum atomic E-state index is -1.28. The zero-order chi connectivity index (χ0) is 34.7. The van der Waals surface area contributed by atoms with Crippen LogP contribution in [-0.2, 0) is 28.7 Å². The first kappa shape index (κ1) is 36.8. The molecule has 2 N–H and O–H groups in total. The van der Waals surface area contributed by atoms with Crippen LogP contribution >= 0.6 is 15.9 Å². The molecule has 0 saturated carbocycles. The van der Waals surface area contributed by atoms with Crippen LogP contribution in [-0.4, -0.2) is 93.0 Å². The number of β-amino-alcohol motifs (C(OH)–C–C–N with tert-alkyl or cyclic N) is 1. The van der Waals surface area contributed by atoms with Gasteiger partial charge in [0.15, 0.2) is 0 Å². The van der Waals surface area contributed by atoms with E-state index in [1.165, 1.54) is 4.90 Å². The zero-order valence-corrected chi connectivity index (χ0v) is 29.8. The van der Waals surface area contributed by atoms with Crippen molar-refractivity contribution in [1.29, 1.82) is 0 Å². The maximum Gasteiger partial charge on any atom is 0.306 e. The molecule has 1 aromatic rings. The van der Waals surface area contributed by atoms with Gasteiger partial charge in [0, 0.05) is 29.9 Å². The van der Waals surface area contributed by atoms with Crippen molar-refractivity contribution in [2.45, 2.75) is 94.5 Å². The lowest BCUT2D eigenvalue weighted by Gasteiger charge is -2.45. The molecule has 258 valence electrons. The SMILES string of the molecule is C=CCCC(=O)OC[C@@H](NC(=O)[C@H]1[C@@H]2O[C@@]3(CC2Br)[C@@H]1C(=O)N(CCO)[C@@H]3C(=O)N(CC=C)C(C)(C)CC(C)(C)C)c1ccccc1. The third-order valence-corrected chi connectivity index (χ3v) is 10.3. The number of esters is 1. The van der Waals surface area contributed by atoms with Crippen LogP contribution in [0.5, 0.6) is 0 Å². The third-order valence-electron chi connectivity index (χ3n) is 9.42. The lowest BCUT2D eigenvalue weighted by Crippen LogP contribution is -2.61. The molecule has 0 aromatic heterocycles. The normalized spacial score (nSPS) is 27.3. The lowest BCUT2D eigenvalue weighted by atomic mass is 9.70. The van der Waals surface area contributed by atoms with Gasteiger partial charge in [0.2, 0.25) is 17.7 Å². The number of halogens is 1. The summed E-state index contributed by atoms with van der Waals surface area (Å²) in [6.45, 7) is 17.6. The van der Waals surface area contributed by atoms with Gasteiger partial charge in [-0.2, -0.15) is 0 Å². The molecule has 3 aliphatic heterocycles. The van der Waals surface area contributed by atoms with Crippen molar-refractivity contribution in [3.8, 4) is 0 Å². The van der Waals surface area contributed by atoms with Crippen molar-refractivity contribution in [1.82, 2.24) is 15.1 Å². The Bertz CT molecular complexity index is 1350. The quantitative estimate of drug-likeness (QED) is 0.157. The summed E-state index contributed by atoms with van der Waals surface area (Å²) in [5, 5.41) is 13.1. The van der Waals surface area contributed by atoms with Gasteiger partial charge >= 0.3 is 5.97 Å². The number of hydrogen-bond donors (Lipinski definition) is 2. The number of aliphatic hydroxyl groups is 1. The molecular formula is C36H50BrN3O7. The van der Waals surface area contributed by atoms with Crippen molar-refractivity contribution in [3.63, 3.8) is 0 Å². The number of benzene rings is 1. The highest BCUT2D eigenvalue weighted by molar-refractivity contribution is 9.09. The number of allylic oxidation sites excluding steroid dienone is 1. The molecule has 1 unspecified atom stereocenters. The number of fused-ring (bicyclic) bond motifs is 1. The summed E-state index contributed by atoms with van der Waals surface area (Å²) in [4.78, 5) is 58.5. The molecule has 4 rings (SSSR count). The summed E-state index contributed by atoms with van der Waals surface area (Å²) in [6.07, 6.45) is 4.33. The number of rotatable bonds is 15. The van der Waals surface area contributed by atoms with E-state index in [9.17, 15) is 24.3 Å². The van der Waals surface area contributed by atoms with Gasteiger partial charge in [0.25, 0.3) is 0 Å². The fourth-order valence-corrected chi connectivity index (χ4v) is 8.95. The first-order valence-corrected chi connectivity index (χ1v) is 17.3. The minimum Gasteiger partial charge on any atom is -0.463 e. The predicted molar refractivity (Wildman–Crippen MR) is 182 cm³/mol. The Morgan fingerprint density at radius 2 is 1.87 bits per heavy atom. The molecule has 10 nitrogen and oxygen atoms in total. The Hall–Kier alpha value is -3.02. The van der Waals surface area contributed by atoms with E-state index in [2.05, 4.69) is 55.2 Å². The van der Waals surface area contributed by atoms with Crippen LogP contribution in [0.4, 0.5) is 0 Å². The van der Waals surface area contributed by atoms with E-state index in [4.69, 9.17) is 9.47 Å². The standard InChI is InChI=1S/C36H50BrN3O7/c1-8-10-16-26(42)46-21-25(23-14-12-11-13-15-23)38-31(43)27-28-32(44)39(18-19-41)30(36(28)20-24(37)29(27)47-36)33(45)40(17-9-2)35(6,7)22-34(3,4)5/h8-9,11-15,24-25,27-30,41H,1-2,10,16-22H2,3-7H3,(H,38,43)/t24?,25-,27-,28+,29-,30-,36+/m1/s1. The van der Waals surface area contributed by atoms with Gasteiger partial charge < -0.3 is 29.7 Å². The number of likely N-dealkylation sites (tertiary alicyclic amines) is 1. The molecule has 3 saturated heterocycles. The predicted octanol–water partition coefficient (Wildman–Crippen LogP) is 4.32. The van der Waals surface area contributed by atoms with E-state index in [0.29, 0.717) is 19.3 Å². The van der Waals surface area contributed by atoms with Gasteiger partial charge in [-0.1, -0.05) is 79.2 Å². The highest BCUT2D eigenvalue weighted by atomic mass is 79.9. The topological polar surface area (TPSA) is 125 Å². The Morgan fingerprint density at radius 1 is 1.19 bits per heavy atom. The first-order chi connectivity index (χ1) is 22.1. The zero-order valence-electron chi connectivity index (χ0n) is 28.2. The fraction of sp³-hybridized carbons (Fsp3) is 0.611. The summed E-state index contributed by atoms with van der Waals surface area (Å²) < 4.78 is 12.2. The molecule has 0 radical (unpaired) electrons. The molecule has 0 aliphatic carbocycles. The Balaban J connectivity index is 1.68. The Labute approximate surface area is 287 Å². The van der Waals surface area contributed by atoms with E-state index in [1.807, 2.05) is 44.2 Å². The van der Waals surface area contributed by atoms with Crippen LogP contribution in [0.15, 0.2) is 55.6 Å². The Kier molecular flexibility index (Phi) is 11.4. The van der Waals surface area contributed by atoms with Gasteiger partial charge in [-0.05, 0) is 44.1 Å².